The molecule has 2 atom stereocenters. The van der Waals surface area contributed by atoms with Gasteiger partial charge in [0.1, 0.15) is 0 Å². The van der Waals surface area contributed by atoms with Crippen molar-refractivity contribution < 1.29 is 5.11 Å². The number of hydrogen-bond acceptors (Lipinski definition) is 2. The number of halogens is 1. The van der Waals surface area contributed by atoms with Gasteiger partial charge in [0.15, 0.2) is 0 Å². The molecule has 0 saturated heterocycles. The first kappa shape index (κ1) is 10.2. The van der Waals surface area contributed by atoms with Gasteiger partial charge < -0.3 is 10.4 Å². The van der Waals surface area contributed by atoms with E-state index in [1.807, 2.05) is 0 Å². The van der Waals surface area contributed by atoms with E-state index >= 15 is 0 Å². The summed E-state index contributed by atoms with van der Waals surface area (Å²) in [5, 5.41) is 12.8. The summed E-state index contributed by atoms with van der Waals surface area (Å²) in [6.07, 6.45) is 4.25. The van der Waals surface area contributed by atoms with E-state index in [-0.39, 0.29) is 12.1 Å². The van der Waals surface area contributed by atoms with Crippen LogP contribution in [0.1, 0.15) is 25.7 Å². The van der Waals surface area contributed by atoms with Gasteiger partial charge in [-0.1, -0.05) is 35.4 Å². The second kappa shape index (κ2) is 5.00. The van der Waals surface area contributed by atoms with E-state index in [1.54, 1.807) is 0 Å². The SMILES string of the molecule is C=C(Br)CN[C@H]1CCCC[C@@H]1O. The van der Waals surface area contributed by atoms with E-state index in [0.29, 0.717) is 0 Å². The fourth-order valence-corrected chi connectivity index (χ4v) is 1.75. The van der Waals surface area contributed by atoms with Gasteiger partial charge in [0.25, 0.3) is 0 Å². The van der Waals surface area contributed by atoms with Gasteiger partial charge in [-0.2, -0.15) is 0 Å². The Morgan fingerprint density at radius 2 is 2.17 bits per heavy atom. The summed E-state index contributed by atoms with van der Waals surface area (Å²) in [5.74, 6) is 0. The van der Waals surface area contributed by atoms with Gasteiger partial charge in [-0.3, -0.25) is 0 Å². The Bertz CT molecular complexity index is 161. The predicted molar refractivity (Wildman–Crippen MR) is 54.3 cm³/mol. The van der Waals surface area contributed by atoms with Crippen LogP contribution in [0, 0.1) is 0 Å². The Kier molecular flexibility index (Phi) is 4.26. The standard InChI is InChI=1S/C9H16BrNO/c1-7(10)6-11-8-4-2-3-5-9(8)12/h8-9,11-12H,1-6H2/t8-,9-/m0/s1. The molecule has 0 amide bonds. The Balaban J connectivity index is 2.24. The minimum Gasteiger partial charge on any atom is -0.392 e. The largest absolute Gasteiger partial charge is 0.392 e. The van der Waals surface area contributed by atoms with E-state index in [2.05, 4.69) is 27.8 Å². The van der Waals surface area contributed by atoms with Gasteiger partial charge in [-0.25, -0.2) is 0 Å². The molecule has 0 spiro atoms. The minimum atomic E-state index is -0.161. The molecule has 70 valence electrons. The van der Waals surface area contributed by atoms with Crippen LogP contribution in [0.4, 0.5) is 0 Å². The molecular weight excluding hydrogens is 218 g/mol. The van der Waals surface area contributed by atoms with Crippen LogP contribution in [0.15, 0.2) is 11.1 Å². The number of aliphatic hydroxyl groups excluding tert-OH is 1. The molecule has 0 bridgehead atoms. The third kappa shape index (κ3) is 3.25. The van der Waals surface area contributed by atoms with E-state index < -0.39 is 0 Å². The number of hydrogen-bond donors (Lipinski definition) is 2. The van der Waals surface area contributed by atoms with Gasteiger partial charge in [0, 0.05) is 17.1 Å². The zero-order chi connectivity index (χ0) is 8.97. The van der Waals surface area contributed by atoms with Crippen molar-refractivity contribution in [2.45, 2.75) is 37.8 Å². The molecule has 1 aliphatic rings. The highest BCUT2D eigenvalue weighted by atomic mass is 79.9. The zero-order valence-corrected chi connectivity index (χ0v) is 8.81. The van der Waals surface area contributed by atoms with Gasteiger partial charge in [-0.15, -0.1) is 0 Å². The average Bonchev–Trinajstić information content (AvgIpc) is 2.03. The fourth-order valence-electron chi connectivity index (χ4n) is 1.59. The Morgan fingerprint density at radius 3 is 2.75 bits per heavy atom. The number of rotatable bonds is 3. The Morgan fingerprint density at radius 1 is 1.50 bits per heavy atom. The quantitative estimate of drug-likeness (QED) is 0.780. The van der Waals surface area contributed by atoms with Gasteiger partial charge in [0.05, 0.1) is 6.10 Å². The maximum atomic E-state index is 9.57. The maximum Gasteiger partial charge on any atom is 0.0693 e. The van der Waals surface area contributed by atoms with Crippen molar-refractivity contribution in [2.24, 2.45) is 0 Å². The molecule has 0 heterocycles. The Hall–Kier alpha value is 0.140. The van der Waals surface area contributed by atoms with Crippen LogP contribution in [0.2, 0.25) is 0 Å². The molecule has 2 nitrogen and oxygen atoms in total. The lowest BCUT2D eigenvalue weighted by Gasteiger charge is -2.28. The number of nitrogens with one attached hydrogen (secondary N) is 1. The van der Waals surface area contributed by atoms with Crippen LogP contribution in [0.25, 0.3) is 0 Å². The van der Waals surface area contributed by atoms with Gasteiger partial charge >= 0.3 is 0 Å². The molecule has 0 aromatic carbocycles. The molecule has 3 heteroatoms. The lowest BCUT2D eigenvalue weighted by Crippen LogP contribution is -2.42. The van der Waals surface area contributed by atoms with Crippen LogP contribution < -0.4 is 5.32 Å². The summed E-state index contributed by atoms with van der Waals surface area (Å²) in [4.78, 5) is 0. The molecule has 1 rings (SSSR count). The highest BCUT2D eigenvalue weighted by Gasteiger charge is 2.21. The first-order valence-corrected chi connectivity index (χ1v) is 5.24. The first-order valence-electron chi connectivity index (χ1n) is 4.45. The van der Waals surface area contributed by atoms with Crippen molar-refractivity contribution >= 4 is 15.9 Å². The minimum absolute atomic E-state index is 0.161. The lowest BCUT2D eigenvalue weighted by molar-refractivity contribution is 0.0928. The van der Waals surface area contributed by atoms with E-state index in [1.165, 1.54) is 6.42 Å². The van der Waals surface area contributed by atoms with Crippen LogP contribution in [0.5, 0.6) is 0 Å². The molecule has 1 aliphatic carbocycles. The fraction of sp³-hybridized carbons (Fsp3) is 0.778. The Labute approximate surface area is 82.2 Å². The third-order valence-electron chi connectivity index (χ3n) is 2.29. The molecule has 0 radical (unpaired) electrons. The van der Waals surface area contributed by atoms with E-state index in [0.717, 1.165) is 30.3 Å². The van der Waals surface area contributed by atoms with Crippen molar-refractivity contribution in [1.29, 1.82) is 0 Å². The second-order valence-electron chi connectivity index (χ2n) is 3.36. The summed E-state index contributed by atoms with van der Waals surface area (Å²) in [6, 6.07) is 0.271. The lowest BCUT2D eigenvalue weighted by atomic mass is 9.93. The van der Waals surface area contributed by atoms with Crippen LogP contribution in [-0.4, -0.2) is 23.8 Å². The smallest absolute Gasteiger partial charge is 0.0693 e. The maximum absolute atomic E-state index is 9.57. The monoisotopic (exact) mass is 233 g/mol. The summed E-state index contributed by atoms with van der Waals surface area (Å²) >= 11 is 3.28. The van der Waals surface area contributed by atoms with Crippen LogP contribution in [0.3, 0.4) is 0 Å². The molecule has 0 aromatic rings. The van der Waals surface area contributed by atoms with E-state index in [9.17, 15) is 5.11 Å². The first-order chi connectivity index (χ1) is 5.70. The molecule has 0 aromatic heterocycles. The van der Waals surface area contributed by atoms with Crippen molar-refractivity contribution in [3.05, 3.63) is 11.1 Å². The summed E-state index contributed by atoms with van der Waals surface area (Å²) in [7, 11) is 0. The zero-order valence-electron chi connectivity index (χ0n) is 7.22. The average molecular weight is 234 g/mol. The number of aliphatic hydroxyl groups is 1. The van der Waals surface area contributed by atoms with Crippen molar-refractivity contribution in [3.8, 4) is 0 Å². The highest BCUT2D eigenvalue weighted by molar-refractivity contribution is 9.11. The van der Waals surface area contributed by atoms with Crippen LogP contribution >= 0.6 is 15.9 Å². The summed E-state index contributed by atoms with van der Waals surface area (Å²) < 4.78 is 0.945. The summed E-state index contributed by atoms with van der Waals surface area (Å²) in [5.41, 5.74) is 0. The topological polar surface area (TPSA) is 32.3 Å². The molecular formula is C9H16BrNO. The molecule has 0 aliphatic heterocycles. The molecule has 12 heavy (non-hydrogen) atoms. The molecule has 0 unspecified atom stereocenters. The molecule has 1 fully saturated rings. The van der Waals surface area contributed by atoms with E-state index in [4.69, 9.17) is 0 Å². The van der Waals surface area contributed by atoms with Crippen molar-refractivity contribution in [3.63, 3.8) is 0 Å². The normalized spacial score (nSPS) is 30.2. The van der Waals surface area contributed by atoms with Gasteiger partial charge in [-0.05, 0) is 12.8 Å². The van der Waals surface area contributed by atoms with Crippen LogP contribution in [-0.2, 0) is 0 Å². The third-order valence-corrected chi connectivity index (χ3v) is 2.57. The second-order valence-corrected chi connectivity index (χ2v) is 4.48. The highest BCUT2D eigenvalue weighted by Crippen LogP contribution is 2.18. The van der Waals surface area contributed by atoms with Crippen molar-refractivity contribution in [1.82, 2.24) is 5.32 Å². The predicted octanol–water partition coefficient (Wildman–Crippen LogP) is 1.79. The molecule has 2 N–H and O–H groups in total. The van der Waals surface area contributed by atoms with Gasteiger partial charge in [0.2, 0.25) is 0 Å². The van der Waals surface area contributed by atoms with Crippen molar-refractivity contribution in [2.75, 3.05) is 6.54 Å². The summed E-state index contributed by atoms with van der Waals surface area (Å²) in [6.45, 7) is 4.49. The molecule has 1 saturated carbocycles.